The van der Waals surface area contributed by atoms with Gasteiger partial charge in [0.25, 0.3) is 0 Å². The second kappa shape index (κ2) is 6.41. The van der Waals surface area contributed by atoms with E-state index in [1.54, 1.807) is 0 Å². The highest BCUT2D eigenvalue weighted by atomic mass is 19.1. The first kappa shape index (κ1) is 14.9. The van der Waals surface area contributed by atoms with Crippen LogP contribution in [-0.4, -0.2) is 12.7 Å². The first-order valence-electron chi connectivity index (χ1n) is 7.49. The van der Waals surface area contributed by atoms with Crippen molar-refractivity contribution in [3.8, 4) is 0 Å². The van der Waals surface area contributed by atoms with E-state index in [9.17, 15) is 8.78 Å². The van der Waals surface area contributed by atoms with E-state index in [4.69, 9.17) is 4.74 Å². The van der Waals surface area contributed by atoms with Crippen LogP contribution in [-0.2, 0) is 4.74 Å². The smallest absolute Gasteiger partial charge is 0.133 e. The van der Waals surface area contributed by atoms with Crippen molar-refractivity contribution in [2.45, 2.75) is 25.9 Å². The van der Waals surface area contributed by atoms with Gasteiger partial charge in [0.05, 0.1) is 6.10 Å². The van der Waals surface area contributed by atoms with Crippen molar-refractivity contribution in [3.63, 3.8) is 0 Å². The molecule has 0 spiro atoms. The molecule has 1 aliphatic rings. The molecule has 1 aliphatic heterocycles. The minimum absolute atomic E-state index is 0.0132. The topological polar surface area (TPSA) is 9.23 Å². The third-order valence-electron chi connectivity index (χ3n) is 3.90. The van der Waals surface area contributed by atoms with Gasteiger partial charge in [-0.2, -0.15) is 0 Å². The predicted octanol–water partition coefficient (Wildman–Crippen LogP) is 4.88. The van der Waals surface area contributed by atoms with Gasteiger partial charge in [-0.25, -0.2) is 8.78 Å². The molecule has 1 heterocycles. The van der Waals surface area contributed by atoms with Crippen molar-refractivity contribution in [1.82, 2.24) is 0 Å². The number of hydrogen-bond donors (Lipinski definition) is 0. The van der Waals surface area contributed by atoms with Crippen LogP contribution >= 0.6 is 0 Å². The highest BCUT2D eigenvalue weighted by molar-refractivity contribution is 5.80. The first-order valence-corrected chi connectivity index (χ1v) is 7.49. The minimum atomic E-state index is -0.568. The Balaban J connectivity index is 2.07. The molecule has 1 saturated heterocycles. The number of halogens is 2. The molecule has 2 aromatic rings. The molecule has 114 valence electrons. The average molecular weight is 300 g/mol. The van der Waals surface area contributed by atoms with Gasteiger partial charge in [-0.05, 0) is 49.1 Å². The average Bonchev–Trinajstić information content (AvgIpc) is 2.99. The van der Waals surface area contributed by atoms with E-state index in [2.05, 4.69) is 0 Å². The first-order chi connectivity index (χ1) is 10.6. The summed E-state index contributed by atoms with van der Waals surface area (Å²) >= 11 is 0. The molecule has 0 aromatic heterocycles. The van der Waals surface area contributed by atoms with Crippen molar-refractivity contribution < 1.29 is 13.5 Å². The SMILES string of the molecule is Cc1ccc(/C(=C\C2CCCO2)c2ccc(F)cc2F)cc1. The fourth-order valence-corrected chi connectivity index (χ4v) is 2.70. The van der Waals surface area contributed by atoms with Gasteiger partial charge < -0.3 is 4.74 Å². The number of ether oxygens (including phenoxy) is 1. The summed E-state index contributed by atoms with van der Waals surface area (Å²) in [5.74, 6) is -1.12. The minimum Gasteiger partial charge on any atom is -0.374 e. The fourth-order valence-electron chi connectivity index (χ4n) is 2.70. The molecule has 0 bridgehead atoms. The van der Waals surface area contributed by atoms with Crippen LogP contribution in [0.5, 0.6) is 0 Å². The number of benzene rings is 2. The van der Waals surface area contributed by atoms with Crippen molar-refractivity contribution in [2.24, 2.45) is 0 Å². The maximum atomic E-state index is 14.2. The van der Waals surface area contributed by atoms with Crippen LogP contribution in [0.4, 0.5) is 8.78 Å². The fraction of sp³-hybridized carbons (Fsp3) is 0.263. The lowest BCUT2D eigenvalue weighted by molar-refractivity contribution is 0.146. The van der Waals surface area contributed by atoms with Crippen LogP contribution in [0, 0.1) is 18.6 Å². The highest BCUT2D eigenvalue weighted by Crippen LogP contribution is 2.29. The second-order valence-electron chi connectivity index (χ2n) is 5.62. The quantitative estimate of drug-likeness (QED) is 0.784. The van der Waals surface area contributed by atoms with E-state index in [1.165, 1.54) is 12.1 Å². The predicted molar refractivity (Wildman–Crippen MR) is 83.6 cm³/mol. The third-order valence-corrected chi connectivity index (χ3v) is 3.90. The number of aryl methyl sites for hydroxylation is 1. The molecule has 3 rings (SSSR count). The van der Waals surface area contributed by atoms with E-state index in [1.807, 2.05) is 37.3 Å². The monoisotopic (exact) mass is 300 g/mol. The molecular formula is C19H18F2O. The Morgan fingerprint density at radius 3 is 2.55 bits per heavy atom. The molecule has 1 atom stereocenters. The molecule has 1 unspecified atom stereocenters. The molecular weight excluding hydrogens is 282 g/mol. The van der Waals surface area contributed by atoms with E-state index < -0.39 is 11.6 Å². The standard InChI is InChI=1S/C19H18F2O/c1-13-4-6-14(7-5-13)18(12-16-3-2-10-22-16)17-9-8-15(20)11-19(17)21/h4-9,11-12,16H,2-3,10H2,1H3/b18-12+. The van der Waals surface area contributed by atoms with E-state index >= 15 is 0 Å². The summed E-state index contributed by atoms with van der Waals surface area (Å²) in [6.07, 6.45) is 3.88. The van der Waals surface area contributed by atoms with Crippen LogP contribution in [0.3, 0.4) is 0 Å². The Morgan fingerprint density at radius 2 is 1.91 bits per heavy atom. The molecule has 22 heavy (non-hydrogen) atoms. The van der Waals surface area contributed by atoms with Gasteiger partial charge in [0.1, 0.15) is 11.6 Å². The Morgan fingerprint density at radius 1 is 1.14 bits per heavy atom. The maximum absolute atomic E-state index is 14.2. The van der Waals surface area contributed by atoms with Gasteiger partial charge in [0, 0.05) is 18.2 Å². The van der Waals surface area contributed by atoms with Crippen LogP contribution < -0.4 is 0 Å². The number of rotatable bonds is 3. The zero-order valence-electron chi connectivity index (χ0n) is 12.5. The molecule has 0 amide bonds. The van der Waals surface area contributed by atoms with Crippen LogP contribution in [0.2, 0.25) is 0 Å². The molecule has 0 saturated carbocycles. The van der Waals surface area contributed by atoms with Gasteiger partial charge >= 0.3 is 0 Å². The summed E-state index contributed by atoms with van der Waals surface area (Å²) < 4.78 is 33.0. The number of hydrogen-bond acceptors (Lipinski definition) is 1. The van der Waals surface area contributed by atoms with E-state index in [0.29, 0.717) is 5.56 Å². The zero-order chi connectivity index (χ0) is 15.5. The lowest BCUT2D eigenvalue weighted by Crippen LogP contribution is -2.03. The molecule has 0 aliphatic carbocycles. The summed E-state index contributed by atoms with van der Waals surface area (Å²) in [7, 11) is 0. The van der Waals surface area contributed by atoms with E-state index in [-0.39, 0.29) is 6.10 Å². The summed E-state index contributed by atoms with van der Waals surface area (Å²) in [6, 6.07) is 11.6. The largest absolute Gasteiger partial charge is 0.374 e. The normalized spacial score (nSPS) is 18.7. The van der Waals surface area contributed by atoms with Crippen LogP contribution in [0.15, 0.2) is 48.5 Å². The molecule has 2 aromatic carbocycles. The Hall–Kier alpha value is -2.00. The van der Waals surface area contributed by atoms with Gasteiger partial charge in [-0.1, -0.05) is 29.8 Å². The van der Waals surface area contributed by atoms with E-state index in [0.717, 1.165) is 42.2 Å². The molecule has 1 fully saturated rings. The van der Waals surface area contributed by atoms with Gasteiger partial charge in [-0.15, -0.1) is 0 Å². The highest BCUT2D eigenvalue weighted by Gasteiger charge is 2.17. The van der Waals surface area contributed by atoms with Crippen molar-refractivity contribution in [2.75, 3.05) is 6.61 Å². The second-order valence-corrected chi connectivity index (χ2v) is 5.62. The molecule has 0 N–H and O–H groups in total. The van der Waals surface area contributed by atoms with Crippen LogP contribution in [0.1, 0.15) is 29.5 Å². The molecule has 0 radical (unpaired) electrons. The van der Waals surface area contributed by atoms with Gasteiger partial charge in [-0.3, -0.25) is 0 Å². The summed E-state index contributed by atoms with van der Waals surface area (Å²) in [4.78, 5) is 0. The molecule has 3 heteroatoms. The van der Waals surface area contributed by atoms with Crippen LogP contribution in [0.25, 0.3) is 5.57 Å². The van der Waals surface area contributed by atoms with Gasteiger partial charge in [0.2, 0.25) is 0 Å². The lowest BCUT2D eigenvalue weighted by atomic mass is 9.94. The molecule has 1 nitrogen and oxygen atoms in total. The van der Waals surface area contributed by atoms with Gasteiger partial charge in [0.15, 0.2) is 0 Å². The van der Waals surface area contributed by atoms with Crippen molar-refractivity contribution >= 4 is 5.57 Å². The third kappa shape index (κ3) is 3.25. The lowest BCUT2D eigenvalue weighted by Gasteiger charge is -2.13. The Labute approximate surface area is 129 Å². The maximum Gasteiger partial charge on any atom is 0.133 e. The zero-order valence-corrected chi connectivity index (χ0v) is 12.5. The Bertz CT molecular complexity index is 683. The summed E-state index contributed by atoms with van der Waals surface area (Å²) in [5.41, 5.74) is 3.21. The van der Waals surface area contributed by atoms with Crippen molar-refractivity contribution in [3.05, 3.63) is 76.9 Å². The van der Waals surface area contributed by atoms with Crippen molar-refractivity contribution in [1.29, 1.82) is 0 Å². The Kier molecular flexibility index (Phi) is 4.34. The summed E-state index contributed by atoms with van der Waals surface area (Å²) in [6.45, 7) is 2.74. The summed E-state index contributed by atoms with van der Waals surface area (Å²) in [5, 5.41) is 0.